The number of aromatic nitrogens is 2. The van der Waals surface area contributed by atoms with E-state index >= 15 is 0 Å². The summed E-state index contributed by atoms with van der Waals surface area (Å²) in [7, 11) is 5.53. The van der Waals surface area contributed by atoms with Crippen LogP contribution in [-0.4, -0.2) is 77.5 Å². The molecule has 222 valence electrons. The molecule has 2 saturated heterocycles. The monoisotopic (exact) mass is 589 g/mol. The van der Waals surface area contributed by atoms with Gasteiger partial charge in [0.15, 0.2) is 5.82 Å². The second-order valence-electron chi connectivity index (χ2n) is 11.8. The maximum atomic E-state index is 13.1. The zero-order valence-electron chi connectivity index (χ0n) is 24.6. The van der Waals surface area contributed by atoms with Gasteiger partial charge in [0.1, 0.15) is 11.9 Å². The Morgan fingerprint density at radius 3 is 2.57 bits per heavy atom. The minimum Gasteiger partial charge on any atom is -0.353 e. The number of piperidine rings is 1. The number of piperazine rings is 1. The van der Waals surface area contributed by atoms with Gasteiger partial charge in [-0.2, -0.15) is 0 Å². The maximum absolute atomic E-state index is 13.1. The predicted molar refractivity (Wildman–Crippen MR) is 166 cm³/mol. The van der Waals surface area contributed by atoms with Crippen molar-refractivity contribution in [3.63, 3.8) is 0 Å². The summed E-state index contributed by atoms with van der Waals surface area (Å²) in [6, 6.07) is 9.39. The van der Waals surface area contributed by atoms with E-state index in [2.05, 4.69) is 26.5 Å². The number of nitrogens with zero attached hydrogens (tertiary/aromatic N) is 5. The average molecular weight is 590 g/mol. The van der Waals surface area contributed by atoms with Gasteiger partial charge in [0, 0.05) is 63.1 Å². The van der Waals surface area contributed by atoms with Crippen LogP contribution in [0.3, 0.4) is 0 Å². The molecular weight excluding hydrogens is 550 g/mol. The summed E-state index contributed by atoms with van der Waals surface area (Å²) in [5, 5.41) is 6.45. The topological polar surface area (TPSA) is 103 Å². The molecule has 10 nitrogen and oxygen atoms in total. The third-order valence-electron chi connectivity index (χ3n) is 8.69. The molecule has 6 rings (SSSR count). The van der Waals surface area contributed by atoms with Gasteiger partial charge in [0.25, 0.3) is 11.5 Å². The van der Waals surface area contributed by atoms with Gasteiger partial charge >= 0.3 is 0 Å². The molecule has 0 radical (unpaired) electrons. The van der Waals surface area contributed by atoms with Crippen LogP contribution in [0.2, 0.25) is 0 Å². The molecule has 4 heterocycles. The number of benzene rings is 1. The minimum absolute atomic E-state index is 0.00744. The van der Waals surface area contributed by atoms with Crippen molar-refractivity contribution >= 4 is 40.5 Å². The molecule has 2 N–H and O–H groups in total. The first kappa shape index (κ1) is 28.4. The fourth-order valence-corrected chi connectivity index (χ4v) is 7.37. The molecule has 2 amide bonds. The smallest absolute Gasteiger partial charge is 0.293 e. The third kappa shape index (κ3) is 5.80. The molecule has 1 aromatic carbocycles. The fourth-order valence-electron chi connectivity index (χ4n) is 6.21. The molecule has 0 spiro atoms. The van der Waals surface area contributed by atoms with Gasteiger partial charge in [-0.25, -0.2) is 4.98 Å². The van der Waals surface area contributed by atoms with E-state index in [0.717, 1.165) is 61.4 Å². The standard InChI is InChI=1S/C31H39N7O3S/c1-35-15-16-36(2)30(40)27(35)20-10-12-22(13-11-20)32-28-31(41)37(3)19-26(34-28)38-14-6-8-23(18-38)33-29(39)25-17-21-7-4-5-9-24(21)42-25/h10-13,17,19,23,27H,4-9,14-16,18H2,1-3H3,(H,32,34)(H,33,39). The van der Waals surface area contributed by atoms with E-state index in [-0.39, 0.29) is 35.3 Å². The Bertz CT molecular complexity index is 1510. The summed E-state index contributed by atoms with van der Waals surface area (Å²) in [5.74, 6) is 1.02. The number of carbonyl (C=O) groups is 2. The number of hydrogen-bond acceptors (Lipinski definition) is 8. The van der Waals surface area contributed by atoms with Crippen LogP contribution in [0, 0.1) is 0 Å². The number of anilines is 3. The molecule has 2 fully saturated rings. The predicted octanol–water partition coefficient (Wildman–Crippen LogP) is 3.31. The lowest BCUT2D eigenvalue weighted by Crippen LogP contribution is -2.48. The number of aryl methyl sites for hydroxylation is 3. The Hall–Kier alpha value is -3.70. The number of hydrogen-bond donors (Lipinski definition) is 2. The van der Waals surface area contributed by atoms with Gasteiger partial charge in [0.05, 0.1) is 4.88 Å². The van der Waals surface area contributed by atoms with Crippen molar-refractivity contribution in [1.82, 2.24) is 24.7 Å². The molecule has 3 aromatic rings. The number of likely N-dealkylation sites (N-methyl/N-ethyl adjacent to an activating group) is 2. The molecule has 1 aliphatic carbocycles. The van der Waals surface area contributed by atoms with Crippen LogP contribution in [0.1, 0.15) is 57.4 Å². The van der Waals surface area contributed by atoms with Crippen LogP contribution in [-0.2, 0) is 24.7 Å². The first-order chi connectivity index (χ1) is 20.3. The molecular formula is C31H39N7O3S. The van der Waals surface area contributed by atoms with E-state index in [1.165, 1.54) is 23.3 Å². The van der Waals surface area contributed by atoms with Gasteiger partial charge in [-0.1, -0.05) is 12.1 Å². The van der Waals surface area contributed by atoms with Crippen LogP contribution in [0.4, 0.5) is 17.3 Å². The lowest BCUT2D eigenvalue weighted by atomic mass is 9.99. The second kappa shape index (κ2) is 11.9. The Labute approximate surface area is 250 Å². The number of fused-ring (bicyclic) bond motifs is 1. The SMILES string of the molecule is CN1CCN(C)C(c2ccc(Nc3nc(N4CCCC(NC(=O)c5cc6c(s5)CCCC6)C4)cn(C)c3=O)cc2)C1=O. The van der Waals surface area contributed by atoms with Crippen LogP contribution in [0.5, 0.6) is 0 Å². The van der Waals surface area contributed by atoms with Gasteiger partial charge < -0.3 is 25.0 Å². The molecule has 2 aromatic heterocycles. The summed E-state index contributed by atoms with van der Waals surface area (Å²) in [5.41, 5.74) is 2.75. The zero-order chi connectivity index (χ0) is 29.4. The molecule has 0 saturated carbocycles. The summed E-state index contributed by atoms with van der Waals surface area (Å²) >= 11 is 1.64. The molecule has 2 atom stereocenters. The van der Waals surface area contributed by atoms with Gasteiger partial charge in [-0.3, -0.25) is 19.3 Å². The zero-order valence-corrected chi connectivity index (χ0v) is 25.4. The summed E-state index contributed by atoms with van der Waals surface area (Å²) in [4.78, 5) is 51.7. The van der Waals surface area contributed by atoms with Crippen molar-refractivity contribution in [2.45, 2.75) is 50.6 Å². The Morgan fingerprint density at radius 2 is 1.79 bits per heavy atom. The highest BCUT2D eigenvalue weighted by Gasteiger charge is 2.32. The fraction of sp³-hybridized carbons (Fsp3) is 0.484. The normalized spacial score (nSPS) is 21.3. The Morgan fingerprint density at radius 1 is 1.00 bits per heavy atom. The van der Waals surface area contributed by atoms with Crippen molar-refractivity contribution in [1.29, 1.82) is 0 Å². The summed E-state index contributed by atoms with van der Waals surface area (Å²) in [6.07, 6.45) is 8.15. The van der Waals surface area contributed by atoms with Crippen LogP contribution in [0.15, 0.2) is 41.3 Å². The van der Waals surface area contributed by atoms with Crippen LogP contribution in [0.25, 0.3) is 0 Å². The maximum Gasteiger partial charge on any atom is 0.293 e. The van der Waals surface area contributed by atoms with Gasteiger partial charge in [-0.05, 0) is 74.9 Å². The number of thiophene rings is 1. The van der Waals surface area contributed by atoms with Crippen molar-refractivity contribution in [3.8, 4) is 0 Å². The Balaban J connectivity index is 1.14. The van der Waals surface area contributed by atoms with Gasteiger partial charge in [-0.15, -0.1) is 11.3 Å². The highest BCUT2D eigenvalue weighted by molar-refractivity contribution is 7.14. The summed E-state index contributed by atoms with van der Waals surface area (Å²) < 4.78 is 1.54. The molecule has 0 bridgehead atoms. The van der Waals surface area contributed by atoms with E-state index in [4.69, 9.17) is 4.98 Å². The van der Waals surface area contributed by atoms with E-state index < -0.39 is 0 Å². The summed E-state index contributed by atoms with van der Waals surface area (Å²) in [6.45, 7) is 2.97. The van der Waals surface area contributed by atoms with Crippen molar-refractivity contribution in [3.05, 3.63) is 67.8 Å². The lowest BCUT2D eigenvalue weighted by molar-refractivity contribution is -0.139. The largest absolute Gasteiger partial charge is 0.353 e. The quantitative estimate of drug-likeness (QED) is 0.455. The first-order valence-electron chi connectivity index (χ1n) is 14.8. The van der Waals surface area contributed by atoms with Crippen molar-refractivity contribution < 1.29 is 9.59 Å². The first-order valence-corrected chi connectivity index (χ1v) is 15.7. The van der Waals surface area contributed by atoms with Crippen molar-refractivity contribution in [2.75, 3.05) is 50.5 Å². The van der Waals surface area contributed by atoms with E-state index in [1.54, 1.807) is 34.0 Å². The number of amides is 2. The minimum atomic E-state index is -0.315. The highest BCUT2D eigenvalue weighted by Crippen LogP contribution is 2.30. The average Bonchev–Trinajstić information content (AvgIpc) is 3.43. The van der Waals surface area contributed by atoms with Crippen LogP contribution < -0.4 is 21.1 Å². The van der Waals surface area contributed by atoms with E-state index in [1.807, 2.05) is 38.4 Å². The van der Waals surface area contributed by atoms with E-state index in [9.17, 15) is 14.4 Å². The van der Waals surface area contributed by atoms with Crippen LogP contribution >= 0.6 is 11.3 Å². The van der Waals surface area contributed by atoms with Gasteiger partial charge in [0.2, 0.25) is 5.91 Å². The second-order valence-corrected chi connectivity index (χ2v) is 12.9. The molecule has 2 unspecified atom stereocenters. The highest BCUT2D eigenvalue weighted by atomic mass is 32.1. The number of nitrogens with one attached hydrogen (secondary N) is 2. The molecule has 3 aliphatic rings. The number of carbonyl (C=O) groups excluding carboxylic acids is 2. The van der Waals surface area contributed by atoms with E-state index in [0.29, 0.717) is 12.4 Å². The molecule has 42 heavy (non-hydrogen) atoms. The van der Waals surface area contributed by atoms with Crippen molar-refractivity contribution in [2.24, 2.45) is 7.05 Å². The molecule has 11 heteroatoms. The Kier molecular flexibility index (Phi) is 8.04. The lowest BCUT2D eigenvalue weighted by Gasteiger charge is -2.37. The molecule has 2 aliphatic heterocycles. The third-order valence-corrected chi connectivity index (χ3v) is 9.92. The number of rotatable bonds is 6.